The van der Waals surface area contributed by atoms with E-state index in [1.807, 2.05) is 0 Å². The summed E-state index contributed by atoms with van der Waals surface area (Å²) in [7, 11) is 0. The average molecular weight is 421 g/mol. The minimum Gasteiger partial charge on any atom is -0.0616 e. The fourth-order valence-electron chi connectivity index (χ4n) is 2.86. The topological polar surface area (TPSA) is 0 Å². The van der Waals surface area contributed by atoms with Gasteiger partial charge in [-0.1, -0.05) is 72.8 Å². The molecule has 4 aromatic carbocycles. The molecule has 93 valence electrons. The fourth-order valence-corrected chi connectivity index (χ4v) is 2.86. The molecule has 1 heteroatoms. The van der Waals surface area contributed by atoms with Gasteiger partial charge in [0.15, 0.2) is 0 Å². The molecule has 0 saturated carbocycles. The van der Waals surface area contributed by atoms with Crippen LogP contribution < -0.4 is 0 Å². The van der Waals surface area contributed by atoms with Crippen molar-refractivity contribution in [2.45, 2.75) is 0 Å². The standard InChI is InChI=1S/C18H12.Ir/c1-2-8-14-13(7-1)15-9-3-4-11-17(15)18-12-6-5-10-16(14)18;/h1-12H;. The van der Waals surface area contributed by atoms with E-state index in [0.29, 0.717) is 0 Å². The van der Waals surface area contributed by atoms with E-state index in [4.69, 9.17) is 0 Å². The summed E-state index contributed by atoms with van der Waals surface area (Å²) < 4.78 is 0. The summed E-state index contributed by atoms with van der Waals surface area (Å²) in [6, 6.07) is 26.0. The van der Waals surface area contributed by atoms with Crippen LogP contribution in [0.1, 0.15) is 0 Å². The van der Waals surface area contributed by atoms with Crippen molar-refractivity contribution in [1.82, 2.24) is 0 Å². The Hall–Kier alpha value is -1.69. The molecular formula is C18H12Ir. The maximum Gasteiger partial charge on any atom is 0 e. The van der Waals surface area contributed by atoms with E-state index in [-0.39, 0.29) is 20.1 Å². The van der Waals surface area contributed by atoms with Gasteiger partial charge >= 0.3 is 0 Å². The molecule has 0 aromatic heterocycles. The first-order chi connectivity index (χ1) is 8.95. The Balaban J connectivity index is 0.00000110. The SMILES string of the molecule is [Ir].c1ccc2c(c1)c1ccccc1c1ccccc21. The van der Waals surface area contributed by atoms with Crippen molar-refractivity contribution in [2.24, 2.45) is 0 Å². The zero-order valence-corrected chi connectivity index (χ0v) is 12.7. The van der Waals surface area contributed by atoms with Crippen LogP contribution in [0.3, 0.4) is 0 Å². The molecule has 0 aliphatic carbocycles. The summed E-state index contributed by atoms with van der Waals surface area (Å²) in [5.74, 6) is 0. The number of hydrogen-bond donors (Lipinski definition) is 0. The first-order valence-electron chi connectivity index (χ1n) is 6.23. The third-order valence-electron chi connectivity index (χ3n) is 3.65. The summed E-state index contributed by atoms with van der Waals surface area (Å²) in [6.07, 6.45) is 0. The first kappa shape index (κ1) is 12.3. The number of hydrogen-bond acceptors (Lipinski definition) is 0. The van der Waals surface area contributed by atoms with E-state index in [1.54, 1.807) is 0 Å². The molecule has 4 rings (SSSR count). The van der Waals surface area contributed by atoms with Gasteiger partial charge < -0.3 is 0 Å². The van der Waals surface area contributed by atoms with Gasteiger partial charge in [-0.05, 0) is 32.3 Å². The van der Waals surface area contributed by atoms with Crippen LogP contribution in [-0.4, -0.2) is 0 Å². The molecule has 4 aromatic rings. The smallest absolute Gasteiger partial charge is 0 e. The zero-order valence-electron chi connectivity index (χ0n) is 10.3. The van der Waals surface area contributed by atoms with Crippen LogP contribution in [0.25, 0.3) is 32.3 Å². The molecule has 0 spiro atoms. The Kier molecular flexibility index (Phi) is 3.10. The van der Waals surface area contributed by atoms with E-state index in [1.165, 1.54) is 32.3 Å². The van der Waals surface area contributed by atoms with Gasteiger partial charge in [0.05, 0.1) is 0 Å². The van der Waals surface area contributed by atoms with Crippen LogP contribution in [0.2, 0.25) is 0 Å². The maximum atomic E-state index is 2.21. The minimum absolute atomic E-state index is 0. The predicted octanol–water partition coefficient (Wildman–Crippen LogP) is 5.14. The van der Waals surface area contributed by atoms with Crippen molar-refractivity contribution in [3.05, 3.63) is 72.8 Å². The largest absolute Gasteiger partial charge is 0.0616 e. The Morgan fingerprint density at radius 3 is 0.632 bits per heavy atom. The van der Waals surface area contributed by atoms with Gasteiger partial charge in [-0.2, -0.15) is 0 Å². The van der Waals surface area contributed by atoms with E-state index in [2.05, 4.69) is 72.8 Å². The summed E-state index contributed by atoms with van der Waals surface area (Å²) >= 11 is 0. The molecular weight excluding hydrogens is 408 g/mol. The molecule has 0 amide bonds. The number of fused-ring (bicyclic) bond motifs is 6. The van der Waals surface area contributed by atoms with Crippen LogP contribution in [-0.2, 0) is 20.1 Å². The quantitative estimate of drug-likeness (QED) is 0.346. The van der Waals surface area contributed by atoms with Gasteiger partial charge in [-0.25, -0.2) is 0 Å². The van der Waals surface area contributed by atoms with Gasteiger partial charge in [0.2, 0.25) is 0 Å². The maximum absolute atomic E-state index is 2.21. The molecule has 19 heavy (non-hydrogen) atoms. The normalized spacial score (nSPS) is 10.7. The average Bonchev–Trinajstić information content (AvgIpc) is 2.48. The Bertz CT molecular complexity index is 657. The Labute approximate surface area is 125 Å². The van der Waals surface area contributed by atoms with Crippen molar-refractivity contribution in [1.29, 1.82) is 0 Å². The number of benzene rings is 4. The number of rotatable bonds is 0. The Morgan fingerprint density at radius 1 is 0.316 bits per heavy atom. The third-order valence-corrected chi connectivity index (χ3v) is 3.65. The zero-order chi connectivity index (χ0) is 11.9. The molecule has 0 N–H and O–H groups in total. The van der Waals surface area contributed by atoms with E-state index in [9.17, 15) is 0 Å². The van der Waals surface area contributed by atoms with Crippen LogP contribution >= 0.6 is 0 Å². The summed E-state index contributed by atoms with van der Waals surface area (Å²) in [6.45, 7) is 0. The van der Waals surface area contributed by atoms with Gasteiger partial charge in [0.25, 0.3) is 0 Å². The van der Waals surface area contributed by atoms with Gasteiger partial charge in [0.1, 0.15) is 0 Å². The van der Waals surface area contributed by atoms with Crippen LogP contribution in [0, 0.1) is 0 Å². The molecule has 0 aliphatic heterocycles. The monoisotopic (exact) mass is 421 g/mol. The van der Waals surface area contributed by atoms with Gasteiger partial charge in [-0.3, -0.25) is 0 Å². The van der Waals surface area contributed by atoms with Crippen molar-refractivity contribution >= 4 is 32.3 Å². The van der Waals surface area contributed by atoms with Gasteiger partial charge in [-0.15, -0.1) is 0 Å². The Morgan fingerprint density at radius 2 is 0.474 bits per heavy atom. The molecule has 0 nitrogen and oxygen atoms in total. The second-order valence-corrected chi connectivity index (χ2v) is 4.64. The van der Waals surface area contributed by atoms with Crippen molar-refractivity contribution in [3.63, 3.8) is 0 Å². The van der Waals surface area contributed by atoms with Crippen molar-refractivity contribution < 1.29 is 20.1 Å². The van der Waals surface area contributed by atoms with E-state index in [0.717, 1.165) is 0 Å². The predicted molar refractivity (Wildman–Crippen MR) is 79.0 cm³/mol. The van der Waals surface area contributed by atoms with Crippen LogP contribution in [0.15, 0.2) is 72.8 Å². The molecule has 1 radical (unpaired) electrons. The third kappa shape index (κ3) is 1.78. The molecule has 0 fully saturated rings. The van der Waals surface area contributed by atoms with Crippen LogP contribution in [0.5, 0.6) is 0 Å². The van der Waals surface area contributed by atoms with Gasteiger partial charge in [0, 0.05) is 20.1 Å². The van der Waals surface area contributed by atoms with Crippen molar-refractivity contribution in [2.75, 3.05) is 0 Å². The van der Waals surface area contributed by atoms with E-state index >= 15 is 0 Å². The molecule has 0 saturated heterocycles. The second-order valence-electron chi connectivity index (χ2n) is 4.64. The van der Waals surface area contributed by atoms with Crippen molar-refractivity contribution in [3.8, 4) is 0 Å². The first-order valence-corrected chi connectivity index (χ1v) is 6.23. The van der Waals surface area contributed by atoms with E-state index < -0.39 is 0 Å². The summed E-state index contributed by atoms with van der Waals surface area (Å²) in [5.41, 5.74) is 0. The minimum atomic E-state index is 0. The summed E-state index contributed by atoms with van der Waals surface area (Å²) in [4.78, 5) is 0. The second kappa shape index (κ2) is 4.77. The molecule has 0 bridgehead atoms. The molecule has 0 heterocycles. The van der Waals surface area contributed by atoms with Crippen LogP contribution in [0.4, 0.5) is 0 Å². The fraction of sp³-hybridized carbons (Fsp3) is 0. The summed E-state index contributed by atoms with van der Waals surface area (Å²) in [5, 5.41) is 8.04. The molecule has 0 unspecified atom stereocenters. The molecule has 0 aliphatic rings. The molecule has 0 atom stereocenters.